The molecule has 1 aromatic carbocycles. The van der Waals surface area contributed by atoms with E-state index in [9.17, 15) is 4.79 Å². The Kier molecular flexibility index (Phi) is 5.41. The molecule has 1 N–H and O–H groups in total. The summed E-state index contributed by atoms with van der Waals surface area (Å²) < 4.78 is 5.03. The second-order valence-electron chi connectivity index (χ2n) is 6.88. The van der Waals surface area contributed by atoms with Gasteiger partial charge in [0.2, 0.25) is 0 Å². The molecular formula is C20H27N3O2. The molecule has 1 aliphatic heterocycles. The third-order valence-corrected chi connectivity index (χ3v) is 5.03. The average molecular weight is 341 g/mol. The molecule has 0 aromatic heterocycles. The number of aliphatic imine (C=N–C) groups is 1. The fourth-order valence-electron chi connectivity index (χ4n) is 3.16. The van der Waals surface area contributed by atoms with Gasteiger partial charge in [0.15, 0.2) is 5.96 Å². The maximum atomic E-state index is 12.3. The second-order valence-corrected chi connectivity index (χ2v) is 6.88. The Bertz CT molecular complexity index is 677. The minimum Gasteiger partial charge on any atom is -0.466 e. The lowest BCUT2D eigenvalue weighted by atomic mass is 9.95. The number of allylic oxidation sites excluding steroid dienone is 1. The number of nitrogens with zero attached hydrogens (tertiary/aromatic N) is 2. The second kappa shape index (κ2) is 7.72. The van der Waals surface area contributed by atoms with Gasteiger partial charge in [0.1, 0.15) is 0 Å². The fraction of sp³-hybridized carbons (Fsp3) is 0.500. The first-order chi connectivity index (χ1) is 12.1. The number of hydrogen-bond donors (Lipinski definition) is 1. The molecule has 1 heterocycles. The van der Waals surface area contributed by atoms with Crippen LogP contribution in [0.25, 0.3) is 0 Å². The fourth-order valence-corrected chi connectivity index (χ4v) is 3.16. The third-order valence-electron chi connectivity index (χ3n) is 5.03. The van der Waals surface area contributed by atoms with Crippen LogP contribution in [0.15, 0.2) is 46.6 Å². The standard InChI is InChI=1S/C20H27N3O2/c1-14-18(19(24)25-3)17(12-11-15-7-5-4-6-8-15)22-20(23(14)2)21-13-16-9-10-16/h4-8,16-17H,9-13H2,1-3H3,(H,21,22). The van der Waals surface area contributed by atoms with Crippen molar-refractivity contribution in [3.8, 4) is 0 Å². The van der Waals surface area contributed by atoms with Gasteiger partial charge in [0.05, 0.1) is 18.7 Å². The van der Waals surface area contributed by atoms with Crippen LogP contribution >= 0.6 is 0 Å². The van der Waals surface area contributed by atoms with E-state index in [0.29, 0.717) is 5.57 Å². The number of carbonyl (C=O) groups is 1. The van der Waals surface area contributed by atoms with E-state index in [0.717, 1.165) is 37.0 Å². The lowest BCUT2D eigenvalue weighted by molar-refractivity contribution is -0.136. The summed E-state index contributed by atoms with van der Waals surface area (Å²) in [6.45, 7) is 2.83. The van der Waals surface area contributed by atoms with E-state index in [1.54, 1.807) is 0 Å². The number of hydrogen-bond acceptors (Lipinski definition) is 3. The summed E-state index contributed by atoms with van der Waals surface area (Å²) in [6.07, 6.45) is 4.27. The summed E-state index contributed by atoms with van der Waals surface area (Å²) in [6, 6.07) is 10.3. The minimum atomic E-state index is -0.267. The molecule has 1 saturated carbocycles. The maximum Gasteiger partial charge on any atom is 0.337 e. The van der Waals surface area contributed by atoms with E-state index < -0.39 is 0 Å². The monoisotopic (exact) mass is 341 g/mol. The molecule has 1 atom stereocenters. The van der Waals surface area contributed by atoms with E-state index in [-0.39, 0.29) is 12.0 Å². The Labute approximate surface area is 149 Å². The van der Waals surface area contributed by atoms with Crippen LogP contribution in [0.1, 0.15) is 31.7 Å². The first-order valence-electron chi connectivity index (χ1n) is 8.98. The van der Waals surface area contributed by atoms with Crippen LogP contribution in [0.4, 0.5) is 0 Å². The number of rotatable bonds is 6. The van der Waals surface area contributed by atoms with E-state index in [1.807, 2.05) is 37.1 Å². The molecule has 1 aromatic rings. The number of ether oxygens (including phenoxy) is 1. The zero-order valence-electron chi connectivity index (χ0n) is 15.3. The molecule has 25 heavy (non-hydrogen) atoms. The van der Waals surface area contributed by atoms with Crippen LogP contribution in [0.2, 0.25) is 0 Å². The number of methoxy groups -OCH3 is 1. The van der Waals surface area contributed by atoms with Crippen LogP contribution in [-0.4, -0.2) is 43.6 Å². The third kappa shape index (κ3) is 4.21. The molecule has 0 spiro atoms. The largest absolute Gasteiger partial charge is 0.466 e. The average Bonchev–Trinajstić information content (AvgIpc) is 3.46. The van der Waals surface area contributed by atoms with Crippen molar-refractivity contribution in [3.05, 3.63) is 47.2 Å². The van der Waals surface area contributed by atoms with Gasteiger partial charge in [-0.3, -0.25) is 4.99 Å². The summed E-state index contributed by atoms with van der Waals surface area (Å²) in [7, 11) is 3.39. The van der Waals surface area contributed by atoms with Gasteiger partial charge in [0.25, 0.3) is 0 Å². The summed E-state index contributed by atoms with van der Waals surface area (Å²) in [5, 5.41) is 3.47. The van der Waals surface area contributed by atoms with Gasteiger partial charge in [-0.15, -0.1) is 0 Å². The molecule has 0 saturated heterocycles. The molecule has 5 nitrogen and oxygen atoms in total. The first kappa shape index (κ1) is 17.5. The zero-order valence-corrected chi connectivity index (χ0v) is 15.3. The van der Waals surface area contributed by atoms with Gasteiger partial charge >= 0.3 is 5.97 Å². The number of nitrogens with one attached hydrogen (secondary N) is 1. The predicted molar refractivity (Wildman–Crippen MR) is 99.2 cm³/mol. The molecule has 5 heteroatoms. The molecular weight excluding hydrogens is 314 g/mol. The molecule has 0 amide bonds. The van der Waals surface area contributed by atoms with Crippen LogP contribution in [-0.2, 0) is 16.0 Å². The lowest BCUT2D eigenvalue weighted by Gasteiger charge is -2.35. The Morgan fingerprint density at radius 3 is 2.68 bits per heavy atom. The number of carbonyl (C=O) groups excluding carboxylic acids is 1. The van der Waals surface area contributed by atoms with Crippen molar-refractivity contribution in [1.29, 1.82) is 0 Å². The number of esters is 1. The normalized spacial score (nSPS) is 22.1. The molecule has 1 unspecified atom stereocenters. The number of benzene rings is 1. The van der Waals surface area contributed by atoms with Crippen molar-refractivity contribution in [2.24, 2.45) is 10.9 Å². The van der Waals surface area contributed by atoms with Crippen LogP contribution < -0.4 is 5.32 Å². The Morgan fingerprint density at radius 2 is 2.04 bits per heavy atom. The van der Waals surface area contributed by atoms with Crippen LogP contribution in [0.5, 0.6) is 0 Å². The SMILES string of the molecule is COC(=O)C1=C(C)N(C)C(=NCC2CC2)NC1CCc1ccccc1. The minimum absolute atomic E-state index is 0.0817. The zero-order chi connectivity index (χ0) is 17.8. The summed E-state index contributed by atoms with van der Waals surface area (Å²) in [5.41, 5.74) is 2.88. The summed E-state index contributed by atoms with van der Waals surface area (Å²) >= 11 is 0. The first-order valence-corrected chi connectivity index (χ1v) is 8.98. The van der Waals surface area contributed by atoms with E-state index in [4.69, 9.17) is 9.73 Å². The Balaban J connectivity index is 1.80. The lowest BCUT2D eigenvalue weighted by Crippen LogP contribution is -2.51. The van der Waals surface area contributed by atoms with Gasteiger partial charge in [-0.25, -0.2) is 4.79 Å². The van der Waals surface area contributed by atoms with Gasteiger partial charge in [0, 0.05) is 19.3 Å². The van der Waals surface area contributed by atoms with Crippen molar-refractivity contribution in [1.82, 2.24) is 10.2 Å². The summed E-state index contributed by atoms with van der Waals surface area (Å²) in [5.74, 6) is 1.32. The smallest absolute Gasteiger partial charge is 0.337 e. The molecule has 2 aliphatic rings. The maximum absolute atomic E-state index is 12.3. The highest BCUT2D eigenvalue weighted by atomic mass is 16.5. The topological polar surface area (TPSA) is 53.9 Å². The van der Waals surface area contributed by atoms with Gasteiger partial charge in [-0.05, 0) is 44.1 Å². The quantitative estimate of drug-likeness (QED) is 0.809. The Morgan fingerprint density at radius 1 is 1.32 bits per heavy atom. The van der Waals surface area contributed by atoms with E-state index >= 15 is 0 Å². The predicted octanol–water partition coefficient (Wildman–Crippen LogP) is 2.74. The molecule has 3 rings (SSSR count). The Hall–Kier alpha value is -2.30. The van der Waals surface area contributed by atoms with E-state index in [1.165, 1.54) is 25.5 Å². The number of guanidine groups is 1. The molecule has 1 aliphatic carbocycles. The van der Waals surface area contributed by atoms with Crippen LogP contribution in [0.3, 0.4) is 0 Å². The molecule has 1 fully saturated rings. The highest BCUT2D eigenvalue weighted by Gasteiger charge is 2.32. The van der Waals surface area contributed by atoms with E-state index in [2.05, 4.69) is 17.4 Å². The van der Waals surface area contributed by atoms with Gasteiger partial charge < -0.3 is 15.0 Å². The number of aryl methyl sites for hydroxylation is 1. The summed E-state index contributed by atoms with van der Waals surface area (Å²) in [4.78, 5) is 19.1. The van der Waals surface area contributed by atoms with Crippen molar-refractivity contribution in [3.63, 3.8) is 0 Å². The molecule has 0 bridgehead atoms. The highest BCUT2D eigenvalue weighted by molar-refractivity contribution is 5.95. The van der Waals surface area contributed by atoms with Crippen molar-refractivity contribution in [2.45, 2.75) is 38.6 Å². The van der Waals surface area contributed by atoms with Crippen molar-refractivity contribution >= 4 is 11.9 Å². The molecule has 0 radical (unpaired) electrons. The molecule has 134 valence electrons. The van der Waals surface area contributed by atoms with Crippen LogP contribution in [0, 0.1) is 5.92 Å². The van der Waals surface area contributed by atoms with Gasteiger partial charge in [-0.2, -0.15) is 0 Å². The van der Waals surface area contributed by atoms with Crippen molar-refractivity contribution < 1.29 is 9.53 Å². The van der Waals surface area contributed by atoms with Gasteiger partial charge in [-0.1, -0.05) is 30.3 Å². The highest BCUT2D eigenvalue weighted by Crippen LogP contribution is 2.29. The van der Waals surface area contributed by atoms with Crippen molar-refractivity contribution in [2.75, 3.05) is 20.7 Å².